The zero-order valence-corrected chi connectivity index (χ0v) is 14.5. The first-order valence-corrected chi connectivity index (χ1v) is 8.49. The van der Waals surface area contributed by atoms with Crippen molar-refractivity contribution in [1.29, 1.82) is 0 Å². The molecule has 0 spiro atoms. The molecule has 1 amide bonds. The SMILES string of the molecule is Cn1cc(C(=O)NC2CCCN(Cc3ccc(C(F)(F)F)cc3)C2)cn1. The number of carbonyl (C=O) groups is 1. The zero-order valence-electron chi connectivity index (χ0n) is 14.5. The number of hydrogen-bond acceptors (Lipinski definition) is 3. The topological polar surface area (TPSA) is 50.2 Å². The maximum atomic E-state index is 12.6. The normalized spacial score (nSPS) is 18.7. The first kappa shape index (κ1) is 18.4. The molecule has 1 aliphatic heterocycles. The first-order valence-electron chi connectivity index (χ1n) is 8.49. The predicted octanol–water partition coefficient (Wildman–Crippen LogP) is 2.83. The summed E-state index contributed by atoms with van der Waals surface area (Å²) in [7, 11) is 1.75. The number of nitrogens with zero attached hydrogens (tertiary/aromatic N) is 3. The molecule has 2 aromatic rings. The molecule has 0 aliphatic carbocycles. The van der Waals surface area contributed by atoms with Crippen LogP contribution in [0.15, 0.2) is 36.7 Å². The number of hydrogen-bond donors (Lipinski definition) is 1. The van der Waals surface area contributed by atoms with Gasteiger partial charge in [-0.3, -0.25) is 14.4 Å². The lowest BCUT2D eigenvalue weighted by atomic mass is 10.0. The second kappa shape index (κ2) is 7.49. The summed E-state index contributed by atoms with van der Waals surface area (Å²) in [4.78, 5) is 14.4. The number of carbonyl (C=O) groups excluding carboxylic acids is 1. The van der Waals surface area contributed by atoms with Gasteiger partial charge in [-0.2, -0.15) is 18.3 Å². The summed E-state index contributed by atoms with van der Waals surface area (Å²) in [6.07, 6.45) is 0.690. The van der Waals surface area contributed by atoms with Gasteiger partial charge in [0.05, 0.1) is 17.3 Å². The van der Waals surface area contributed by atoms with Crippen molar-refractivity contribution in [1.82, 2.24) is 20.0 Å². The molecule has 1 aliphatic rings. The van der Waals surface area contributed by atoms with Crippen LogP contribution in [0.25, 0.3) is 0 Å². The number of piperidine rings is 1. The Morgan fingerprint density at radius 2 is 2.04 bits per heavy atom. The van der Waals surface area contributed by atoms with Crippen molar-refractivity contribution in [2.75, 3.05) is 13.1 Å². The molecular formula is C18H21F3N4O. The van der Waals surface area contributed by atoms with E-state index in [0.29, 0.717) is 18.7 Å². The third kappa shape index (κ3) is 4.63. The summed E-state index contributed by atoms with van der Waals surface area (Å²) < 4.78 is 39.5. The third-order valence-corrected chi connectivity index (χ3v) is 4.50. The highest BCUT2D eigenvalue weighted by Gasteiger charge is 2.30. The number of halogens is 3. The molecule has 2 heterocycles. The highest BCUT2D eigenvalue weighted by atomic mass is 19.4. The fourth-order valence-electron chi connectivity index (χ4n) is 3.18. The van der Waals surface area contributed by atoms with E-state index < -0.39 is 11.7 Å². The number of rotatable bonds is 4. The molecule has 1 fully saturated rings. The number of likely N-dealkylation sites (tertiary alicyclic amines) is 1. The van der Waals surface area contributed by atoms with Crippen molar-refractivity contribution in [2.45, 2.75) is 31.6 Å². The van der Waals surface area contributed by atoms with Crippen molar-refractivity contribution in [3.63, 3.8) is 0 Å². The number of alkyl halides is 3. The van der Waals surface area contributed by atoms with Crippen molar-refractivity contribution in [3.05, 3.63) is 53.3 Å². The van der Waals surface area contributed by atoms with Gasteiger partial charge in [0, 0.05) is 32.4 Å². The van der Waals surface area contributed by atoms with Crippen LogP contribution in [0.4, 0.5) is 13.2 Å². The summed E-state index contributed by atoms with van der Waals surface area (Å²) in [5, 5.41) is 7.00. The van der Waals surface area contributed by atoms with Gasteiger partial charge in [-0.15, -0.1) is 0 Å². The van der Waals surface area contributed by atoms with Crippen LogP contribution in [0.2, 0.25) is 0 Å². The number of aromatic nitrogens is 2. The van der Waals surface area contributed by atoms with Crippen LogP contribution < -0.4 is 5.32 Å². The highest BCUT2D eigenvalue weighted by molar-refractivity contribution is 5.93. The van der Waals surface area contributed by atoms with Crippen LogP contribution in [-0.2, 0) is 19.8 Å². The maximum Gasteiger partial charge on any atom is 0.416 e. The summed E-state index contributed by atoms with van der Waals surface area (Å²) in [6, 6.07) is 5.27. The van der Waals surface area contributed by atoms with Gasteiger partial charge in [-0.25, -0.2) is 0 Å². The van der Waals surface area contributed by atoms with E-state index in [1.165, 1.54) is 18.3 Å². The Balaban J connectivity index is 1.56. The average molecular weight is 366 g/mol. The van der Waals surface area contributed by atoms with Crippen molar-refractivity contribution in [3.8, 4) is 0 Å². The Labute approximate surface area is 149 Å². The second-order valence-electron chi connectivity index (χ2n) is 6.65. The van der Waals surface area contributed by atoms with E-state index in [2.05, 4.69) is 15.3 Å². The number of nitrogens with one attached hydrogen (secondary N) is 1. The molecule has 140 valence electrons. The minimum Gasteiger partial charge on any atom is -0.348 e. The molecule has 3 rings (SSSR count). The quantitative estimate of drug-likeness (QED) is 0.905. The van der Waals surface area contributed by atoms with Gasteiger partial charge in [-0.05, 0) is 37.1 Å². The lowest BCUT2D eigenvalue weighted by molar-refractivity contribution is -0.137. The molecule has 0 saturated carbocycles. The average Bonchev–Trinajstić information content (AvgIpc) is 3.01. The van der Waals surface area contributed by atoms with Gasteiger partial charge in [-0.1, -0.05) is 12.1 Å². The minimum absolute atomic E-state index is 0.0194. The van der Waals surface area contributed by atoms with E-state index in [9.17, 15) is 18.0 Å². The van der Waals surface area contributed by atoms with Gasteiger partial charge < -0.3 is 5.32 Å². The van der Waals surface area contributed by atoms with E-state index >= 15 is 0 Å². The first-order chi connectivity index (χ1) is 12.3. The van der Waals surface area contributed by atoms with Gasteiger partial charge in [0.15, 0.2) is 0 Å². The highest BCUT2D eigenvalue weighted by Crippen LogP contribution is 2.29. The Morgan fingerprint density at radius 3 is 2.65 bits per heavy atom. The number of amides is 1. The van der Waals surface area contributed by atoms with Crippen molar-refractivity contribution < 1.29 is 18.0 Å². The minimum atomic E-state index is -4.31. The lowest BCUT2D eigenvalue weighted by Crippen LogP contribution is -2.47. The van der Waals surface area contributed by atoms with E-state index in [1.54, 1.807) is 17.9 Å². The van der Waals surface area contributed by atoms with Gasteiger partial charge in [0.2, 0.25) is 0 Å². The standard InChI is InChI=1S/C18H21F3N4O/c1-24-11-14(9-22-24)17(26)23-16-3-2-8-25(12-16)10-13-4-6-15(7-5-13)18(19,20)21/h4-7,9,11,16H,2-3,8,10,12H2,1H3,(H,23,26). The van der Waals surface area contributed by atoms with Gasteiger partial charge in [0.25, 0.3) is 5.91 Å². The molecule has 26 heavy (non-hydrogen) atoms. The fraction of sp³-hybridized carbons (Fsp3) is 0.444. The molecule has 8 heteroatoms. The third-order valence-electron chi connectivity index (χ3n) is 4.50. The molecule has 1 atom stereocenters. The zero-order chi connectivity index (χ0) is 18.7. The Bertz CT molecular complexity index is 755. The molecule has 0 radical (unpaired) electrons. The van der Waals surface area contributed by atoms with Crippen LogP contribution in [0.5, 0.6) is 0 Å². The molecule has 1 aromatic carbocycles. The molecular weight excluding hydrogens is 345 g/mol. The van der Waals surface area contributed by atoms with Crippen LogP contribution >= 0.6 is 0 Å². The summed E-state index contributed by atoms with van der Waals surface area (Å²) in [5.74, 6) is -0.153. The van der Waals surface area contributed by atoms with E-state index in [1.807, 2.05) is 0 Å². The van der Waals surface area contributed by atoms with Crippen molar-refractivity contribution in [2.24, 2.45) is 7.05 Å². The van der Waals surface area contributed by atoms with E-state index in [-0.39, 0.29) is 11.9 Å². The molecule has 1 aromatic heterocycles. The fourth-order valence-corrected chi connectivity index (χ4v) is 3.18. The monoisotopic (exact) mass is 366 g/mol. The van der Waals surface area contributed by atoms with Gasteiger partial charge in [0.1, 0.15) is 0 Å². The molecule has 1 saturated heterocycles. The Morgan fingerprint density at radius 1 is 1.31 bits per heavy atom. The summed E-state index contributed by atoms with van der Waals surface area (Å²) in [5.41, 5.74) is 0.714. The maximum absolute atomic E-state index is 12.6. The molecule has 1 N–H and O–H groups in total. The number of benzene rings is 1. The van der Waals surface area contributed by atoms with Gasteiger partial charge >= 0.3 is 6.18 Å². The van der Waals surface area contributed by atoms with Crippen LogP contribution in [-0.4, -0.2) is 39.7 Å². The Hall–Kier alpha value is -2.35. The molecule has 5 nitrogen and oxygen atoms in total. The van der Waals surface area contributed by atoms with E-state index in [0.717, 1.165) is 37.1 Å². The van der Waals surface area contributed by atoms with Crippen LogP contribution in [0.1, 0.15) is 34.3 Å². The molecule has 0 bridgehead atoms. The van der Waals surface area contributed by atoms with E-state index in [4.69, 9.17) is 0 Å². The van der Waals surface area contributed by atoms with Crippen LogP contribution in [0, 0.1) is 0 Å². The predicted molar refractivity (Wildman–Crippen MR) is 90.4 cm³/mol. The summed E-state index contributed by atoms with van der Waals surface area (Å²) in [6.45, 7) is 2.10. The van der Waals surface area contributed by atoms with Crippen molar-refractivity contribution >= 4 is 5.91 Å². The molecule has 1 unspecified atom stereocenters. The Kier molecular flexibility index (Phi) is 5.31. The largest absolute Gasteiger partial charge is 0.416 e. The lowest BCUT2D eigenvalue weighted by Gasteiger charge is -2.33. The summed E-state index contributed by atoms with van der Waals surface area (Å²) >= 11 is 0. The smallest absolute Gasteiger partial charge is 0.348 e. The van der Waals surface area contributed by atoms with Crippen LogP contribution in [0.3, 0.4) is 0 Å². The second-order valence-corrected chi connectivity index (χ2v) is 6.65. The number of aryl methyl sites for hydroxylation is 1.